The highest BCUT2D eigenvalue weighted by Crippen LogP contribution is 2.24. The molecular weight excluding hydrogens is 416 g/mol. The SMILES string of the molecule is COc1ccc2nc(C)c(C=Cc3nc(NC4CCOCC4)cc(N4CCCC4)n3)nc2c1. The van der Waals surface area contributed by atoms with Crippen LogP contribution in [0.1, 0.15) is 42.9 Å². The average molecular weight is 447 g/mol. The van der Waals surface area contributed by atoms with Crippen molar-refractivity contribution >= 4 is 34.8 Å². The van der Waals surface area contributed by atoms with Gasteiger partial charge in [-0.1, -0.05) is 0 Å². The van der Waals surface area contributed by atoms with E-state index in [-0.39, 0.29) is 0 Å². The van der Waals surface area contributed by atoms with Gasteiger partial charge in [0.15, 0.2) is 5.82 Å². The molecule has 1 N–H and O–H groups in total. The fraction of sp³-hybridized carbons (Fsp3) is 0.440. The Labute approximate surface area is 194 Å². The highest BCUT2D eigenvalue weighted by Gasteiger charge is 2.18. The molecule has 2 aromatic heterocycles. The molecule has 33 heavy (non-hydrogen) atoms. The van der Waals surface area contributed by atoms with Gasteiger partial charge in [0.1, 0.15) is 17.4 Å². The minimum Gasteiger partial charge on any atom is -0.497 e. The largest absolute Gasteiger partial charge is 0.497 e. The number of hydrogen-bond acceptors (Lipinski definition) is 8. The number of aryl methyl sites for hydroxylation is 1. The molecule has 0 saturated carbocycles. The summed E-state index contributed by atoms with van der Waals surface area (Å²) in [7, 11) is 1.65. The van der Waals surface area contributed by atoms with E-state index in [4.69, 9.17) is 29.4 Å². The van der Waals surface area contributed by atoms with Crippen LogP contribution in [-0.2, 0) is 4.74 Å². The van der Waals surface area contributed by atoms with Gasteiger partial charge in [-0.05, 0) is 56.9 Å². The Morgan fingerprint density at radius 1 is 1.00 bits per heavy atom. The molecule has 0 radical (unpaired) electrons. The standard InChI is InChI=1S/C25H30N6O2/c1-17-20(28-22-15-19(32-2)5-6-21(22)26-17)7-8-23-29-24(27-18-9-13-33-14-10-18)16-25(30-23)31-11-3-4-12-31/h5-8,15-16,18H,3-4,9-14H2,1-2H3,(H,27,29,30). The van der Waals surface area contributed by atoms with Gasteiger partial charge in [-0.3, -0.25) is 0 Å². The second kappa shape index (κ2) is 9.70. The monoisotopic (exact) mass is 446 g/mol. The normalized spacial score (nSPS) is 17.2. The first-order chi connectivity index (χ1) is 16.2. The lowest BCUT2D eigenvalue weighted by atomic mass is 10.1. The summed E-state index contributed by atoms with van der Waals surface area (Å²) in [5.41, 5.74) is 3.30. The van der Waals surface area contributed by atoms with E-state index in [0.717, 1.165) is 79.0 Å². The minimum absolute atomic E-state index is 0.375. The maximum Gasteiger partial charge on any atom is 0.156 e. The van der Waals surface area contributed by atoms with Crippen LogP contribution in [0.2, 0.25) is 0 Å². The summed E-state index contributed by atoms with van der Waals surface area (Å²) in [4.78, 5) is 21.4. The predicted octanol–water partition coefficient (Wildman–Crippen LogP) is 4.10. The molecular formula is C25H30N6O2. The maximum atomic E-state index is 5.50. The van der Waals surface area contributed by atoms with Gasteiger partial charge in [0, 0.05) is 44.5 Å². The van der Waals surface area contributed by atoms with Crippen molar-refractivity contribution in [1.29, 1.82) is 0 Å². The fourth-order valence-corrected chi connectivity index (χ4v) is 4.33. The van der Waals surface area contributed by atoms with Crippen LogP contribution in [0.3, 0.4) is 0 Å². The molecule has 0 bridgehead atoms. The van der Waals surface area contributed by atoms with Gasteiger partial charge in [0.05, 0.1) is 29.5 Å². The zero-order chi connectivity index (χ0) is 22.6. The first kappa shape index (κ1) is 21.6. The third kappa shape index (κ3) is 5.06. The summed E-state index contributed by atoms with van der Waals surface area (Å²) in [6, 6.07) is 8.18. The van der Waals surface area contributed by atoms with Gasteiger partial charge in [0.2, 0.25) is 0 Å². The van der Waals surface area contributed by atoms with Crippen molar-refractivity contribution in [3.05, 3.63) is 41.5 Å². The number of benzene rings is 1. The van der Waals surface area contributed by atoms with Crippen LogP contribution in [0.25, 0.3) is 23.2 Å². The first-order valence-corrected chi connectivity index (χ1v) is 11.7. The number of nitrogens with zero attached hydrogens (tertiary/aromatic N) is 5. The topological polar surface area (TPSA) is 85.3 Å². The van der Waals surface area contributed by atoms with E-state index in [2.05, 4.69) is 16.3 Å². The summed E-state index contributed by atoms with van der Waals surface area (Å²) >= 11 is 0. The highest BCUT2D eigenvalue weighted by molar-refractivity contribution is 5.79. The fourth-order valence-electron chi connectivity index (χ4n) is 4.33. The van der Waals surface area contributed by atoms with Crippen LogP contribution in [-0.4, -0.2) is 59.4 Å². The second-order valence-corrected chi connectivity index (χ2v) is 8.58. The van der Waals surface area contributed by atoms with Crippen molar-refractivity contribution in [2.75, 3.05) is 43.6 Å². The summed E-state index contributed by atoms with van der Waals surface area (Å²) < 4.78 is 10.8. The number of nitrogens with one attached hydrogen (secondary N) is 1. The molecule has 8 nitrogen and oxygen atoms in total. The van der Waals surface area contributed by atoms with Gasteiger partial charge in [-0.15, -0.1) is 0 Å². The summed E-state index contributed by atoms with van der Waals surface area (Å²) in [5.74, 6) is 3.27. The van der Waals surface area contributed by atoms with Crippen molar-refractivity contribution in [2.24, 2.45) is 0 Å². The first-order valence-electron chi connectivity index (χ1n) is 11.7. The zero-order valence-corrected chi connectivity index (χ0v) is 19.3. The van der Waals surface area contributed by atoms with Gasteiger partial charge in [0.25, 0.3) is 0 Å². The van der Waals surface area contributed by atoms with E-state index in [9.17, 15) is 0 Å². The van der Waals surface area contributed by atoms with Crippen LogP contribution in [0.4, 0.5) is 11.6 Å². The molecule has 2 fully saturated rings. The van der Waals surface area contributed by atoms with Gasteiger partial charge in [-0.25, -0.2) is 19.9 Å². The van der Waals surface area contributed by atoms with E-state index < -0.39 is 0 Å². The van der Waals surface area contributed by atoms with E-state index in [0.29, 0.717) is 11.9 Å². The van der Waals surface area contributed by atoms with E-state index in [1.165, 1.54) is 12.8 Å². The zero-order valence-electron chi connectivity index (χ0n) is 19.3. The van der Waals surface area contributed by atoms with Crippen molar-refractivity contribution in [3.8, 4) is 5.75 Å². The lowest BCUT2D eigenvalue weighted by Crippen LogP contribution is -2.28. The minimum atomic E-state index is 0.375. The Morgan fingerprint density at radius 2 is 1.82 bits per heavy atom. The van der Waals surface area contributed by atoms with Crippen molar-refractivity contribution < 1.29 is 9.47 Å². The molecule has 0 unspecified atom stereocenters. The van der Waals surface area contributed by atoms with Crippen LogP contribution >= 0.6 is 0 Å². The highest BCUT2D eigenvalue weighted by atomic mass is 16.5. The molecule has 0 spiro atoms. The quantitative estimate of drug-likeness (QED) is 0.606. The van der Waals surface area contributed by atoms with Crippen LogP contribution in [0.5, 0.6) is 5.75 Å². The van der Waals surface area contributed by atoms with Gasteiger partial charge >= 0.3 is 0 Å². The number of fused-ring (bicyclic) bond motifs is 1. The maximum absolute atomic E-state index is 5.50. The van der Waals surface area contributed by atoms with Crippen LogP contribution in [0.15, 0.2) is 24.3 Å². The summed E-state index contributed by atoms with van der Waals surface area (Å²) in [6.07, 6.45) is 8.26. The molecule has 2 saturated heterocycles. The number of aromatic nitrogens is 4. The van der Waals surface area contributed by atoms with Crippen LogP contribution in [0, 0.1) is 6.92 Å². The molecule has 3 aromatic rings. The van der Waals surface area contributed by atoms with Crippen molar-refractivity contribution in [1.82, 2.24) is 19.9 Å². The Kier molecular flexibility index (Phi) is 6.35. The Morgan fingerprint density at radius 3 is 2.61 bits per heavy atom. The van der Waals surface area contributed by atoms with E-state index in [1.54, 1.807) is 7.11 Å². The average Bonchev–Trinajstić information content (AvgIpc) is 3.38. The van der Waals surface area contributed by atoms with Gasteiger partial charge in [-0.2, -0.15) is 0 Å². The Bertz CT molecular complexity index is 1150. The molecule has 5 rings (SSSR count). The van der Waals surface area contributed by atoms with Gasteiger partial charge < -0.3 is 19.7 Å². The van der Waals surface area contributed by atoms with E-state index >= 15 is 0 Å². The third-order valence-electron chi connectivity index (χ3n) is 6.21. The number of rotatable bonds is 6. The molecule has 0 amide bonds. The third-order valence-corrected chi connectivity index (χ3v) is 6.21. The Balaban J connectivity index is 1.45. The van der Waals surface area contributed by atoms with Crippen molar-refractivity contribution in [2.45, 2.75) is 38.6 Å². The molecule has 172 valence electrons. The van der Waals surface area contributed by atoms with E-state index in [1.807, 2.05) is 37.3 Å². The number of anilines is 2. The molecule has 2 aliphatic heterocycles. The molecule has 1 aromatic carbocycles. The summed E-state index contributed by atoms with van der Waals surface area (Å²) in [6.45, 7) is 5.62. The predicted molar refractivity (Wildman–Crippen MR) is 131 cm³/mol. The second-order valence-electron chi connectivity index (χ2n) is 8.58. The lowest BCUT2D eigenvalue weighted by molar-refractivity contribution is 0.0904. The molecule has 8 heteroatoms. The molecule has 4 heterocycles. The number of methoxy groups -OCH3 is 1. The number of ether oxygens (including phenoxy) is 2. The van der Waals surface area contributed by atoms with Crippen LogP contribution < -0.4 is 15.0 Å². The molecule has 0 aliphatic carbocycles. The smallest absolute Gasteiger partial charge is 0.156 e. The number of hydrogen-bond donors (Lipinski definition) is 1. The van der Waals surface area contributed by atoms with Crippen molar-refractivity contribution in [3.63, 3.8) is 0 Å². The molecule has 2 aliphatic rings. The molecule has 0 atom stereocenters. The Hall–Kier alpha value is -3.26. The summed E-state index contributed by atoms with van der Waals surface area (Å²) in [5, 5.41) is 3.60. The lowest BCUT2D eigenvalue weighted by Gasteiger charge is -2.24.